The van der Waals surface area contributed by atoms with Gasteiger partial charge in [0.05, 0.1) is 6.61 Å². The van der Waals surface area contributed by atoms with Gasteiger partial charge in [-0.05, 0) is 30.0 Å². The Balaban J connectivity index is 1.61. The fraction of sp³-hybridized carbons (Fsp3) is 0.316. The van der Waals surface area contributed by atoms with Gasteiger partial charge in [-0.15, -0.1) is 0 Å². The molecule has 0 aliphatic rings. The van der Waals surface area contributed by atoms with Crippen LogP contribution in [-0.4, -0.2) is 12.5 Å². The maximum Gasteiger partial charge on any atom is 0.224 e. The number of carbonyl (C=O) groups is 1. The number of nitrogens with one attached hydrogen (secondary N) is 1. The molecule has 3 heteroatoms. The van der Waals surface area contributed by atoms with Crippen molar-refractivity contribution in [3.05, 3.63) is 66.2 Å². The Morgan fingerprint density at radius 1 is 1.05 bits per heavy atom. The minimum atomic E-state index is 0.0572. The zero-order valence-electron chi connectivity index (χ0n) is 13.0. The third-order valence-electron chi connectivity index (χ3n) is 3.46. The highest BCUT2D eigenvalue weighted by Crippen LogP contribution is 2.12. The Kier molecular flexibility index (Phi) is 6.65. The van der Waals surface area contributed by atoms with E-state index < -0.39 is 0 Å². The molecule has 2 rings (SSSR count). The SMILES string of the molecule is C[C@H](CCOCc1ccccc1)CC(=O)Nc1ccccc1. The highest BCUT2D eigenvalue weighted by atomic mass is 16.5. The number of benzene rings is 2. The molecule has 0 heterocycles. The molecule has 1 atom stereocenters. The number of hydrogen-bond donors (Lipinski definition) is 1. The molecule has 0 saturated carbocycles. The van der Waals surface area contributed by atoms with Gasteiger partial charge in [-0.2, -0.15) is 0 Å². The van der Waals surface area contributed by atoms with Crippen molar-refractivity contribution in [1.29, 1.82) is 0 Å². The van der Waals surface area contributed by atoms with Crippen LogP contribution in [0.1, 0.15) is 25.3 Å². The van der Waals surface area contributed by atoms with E-state index in [1.165, 1.54) is 5.56 Å². The first-order chi connectivity index (χ1) is 10.7. The number of para-hydroxylation sites is 1. The van der Waals surface area contributed by atoms with E-state index in [-0.39, 0.29) is 5.91 Å². The lowest BCUT2D eigenvalue weighted by molar-refractivity contribution is -0.117. The maximum absolute atomic E-state index is 11.9. The Morgan fingerprint density at radius 2 is 1.68 bits per heavy atom. The molecule has 0 aliphatic heterocycles. The number of carbonyl (C=O) groups excluding carboxylic acids is 1. The van der Waals surface area contributed by atoms with Gasteiger partial charge in [0.1, 0.15) is 0 Å². The zero-order valence-corrected chi connectivity index (χ0v) is 13.0. The molecular weight excluding hydrogens is 274 g/mol. The topological polar surface area (TPSA) is 38.3 Å². The summed E-state index contributed by atoms with van der Waals surface area (Å²) in [4.78, 5) is 11.9. The van der Waals surface area contributed by atoms with Crippen LogP contribution in [0.5, 0.6) is 0 Å². The van der Waals surface area contributed by atoms with E-state index >= 15 is 0 Å². The highest BCUT2D eigenvalue weighted by Gasteiger charge is 2.09. The minimum absolute atomic E-state index is 0.0572. The van der Waals surface area contributed by atoms with Gasteiger partial charge >= 0.3 is 0 Å². The molecule has 22 heavy (non-hydrogen) atoms. The van der Waals surface area contributed by atoms with Gasteiger partial charge in [0.15, 0.2) is 0 Å². The fourth-order valence-corrected chi connectivity index (χ4v) is 2.20. The molecule has 0 spiro atoms. The van der Waals surface area contributed by atoms with Crippen molar-refractivity contribution in [1.82, 2.24) is 0 Å². The Bertz CT molecular complexity index is 554. The quantitative estimate of drug-likeness (QED) is 0.739. The lowest BCUT2D eigenvalue weighted by atomic mass is 10.0. The van der Waals surface area contributed by atoms with E-state index in [9.17, 15) is 4.79 Å². The van der Waals surface area contributed by atoms with Crippen molar-refractivity contribution in [3.8, 4) is 0 Å². The zero-order chi connectivity index (χ0) is 15.6. The van der Waals surface area contributed by atoms with Gasteiger partial charge in [0.2, 0.25) is 5.91 Å². The van der Waals surface area contributed by atoms with E-state index in [2.05, 4.69) is 24.4 Å². The van der Waals surface area contributed by atoms with Crippen LogP contribution < -0.4 is 5.32 Å². The van der Waals surface area contributed by atoms with Crippen LogP contribution in [0, 0.1) is 5.92 Å². The smallest absolute Gasteiger partial charge is 0.224 e. The van der Waals surface area contributed by atoms with Crippen LogP contribution in [0.25, 0.3) is 0 Å². The van der Waals surface area contributed by atoms with Crippen LogP contribution in [0.3, 0.4) is 0 Å². The van der Waals surface area contributed by atoms with Gasteiger partial charge in [0, 0.05) is 18.7 Å². The normalized spacial score (nSPS) is 11.9. The maximum atomic E-state index is 11.9. The van der Waals surface area contributed by atoms with E-state index in [4.69, 9.17) is 4.74 Å². The summed E-state index contributed by atoms with van der Waals surface area (Å²) in [5.74, 6) is 0.362. The first-order valence-corrected chi connectivity index (χ1v) is 7.70. The standard InChI is InChI=1S/C19H23NO2/c1-16(12-13-22-15-17-8-4-2-5-9-17)14-19(21)20-18-10-6-3-7-11-18/h2-11,16H,12-15H2,1H3,(H,20,21)/t16-/m1/s1. The summed E-state index contributed by atoms with van der Waals surface area (Å²) in [6.07, 6.45) is 1.40. The van der Waals surface area contributed by atoms with Crippen molar-refractivity contribution < 1.29 is 9.53 Å². The predicted octanol–water partition coefficient (Wildman–Crippen LogP) is 4.26. The van der Waals surface area contributed by atoms with Crippen LogP contribution in [-0.2, 0) is 16.1 Å². The van der Waals surface area contributed by atoms with Crippen molar-refractivity contribution in [2.45, 2.75) is 26.4 Å². The summed E-state index contributed by atoms with van der Waals surface area (Å²) in [6, 6.07) is 19.7. The van der Waals surface area contributed by atoms with E-state index in [0.29, 0.717) is 25.6 Å². The first kappa shape index (κ1) is 16.2. The molecule has 0 unspecified atom stereocenters. The van der Waals surface area contributed by atoms with Crippen LogP contribution in [0.2, 0.25) is 0 Å². The van der Waals surface area contributed by atoms with Crippen molar-refractivity contribution in [2.24, 2.45) is 5.92 Å². The summed E-state index contributed by atoms with van der Waals surface area (Å²) >= 11 is 0. The molecule has 2 aromatic carbocycles. The second kappa shape index (κ2) is 9.00. The second-order valence-electron chi connectivity index (χ2n) is 5.55. The minimum Gasteiger partial charge on any atom is -0.377 e. The number of hydrogen-bond acceptors (Lipinski definition) is 2. The van der Waals surface area contributed by atoms with Crippen molar-refractivity contribution in [3.63, 3.8) is 0 Å². The molecule has 0 bridgehead atoms. The van der Waals surface area contributed by atoms with E-state index in [1.807, 2.05) is 48.5 Å². The number of rotatable bonds is 8. The molecule has 116 valence electrons. The van der Waals surface area contributed by atoms with Gasteiger partial charge in [-0.25, -0.2) is 0 Å². The van der Waals surface area contributed by atoms with Crippen molar-refractivity contribution in [2.75, 3.05) is 11.9 Å². The second-order valence-corrected chi connectivity index (χ2v) is 5.55. The third-order valence-corrected chi connectivity index (χ3v) is 3.46. The van der Waals surface area contributed by atoms with Crippen LogP contribution in [0.4, 0.5) is 5.69 Å². The molecule has 1 N–H and O–H groups in total. The molecule has 0 saturated heterocycles. The summed E-state index contributed by atoms with van der Waals surface area (Å²) in [5, 5.41) is 2.91. The number of anilines is 1. The molecule has 1 amide bonds. The third kappa shape index (κ3) is 6.10. The molecule has 0 aliphatic carbocycles. The Morgan fingerprint density at radius 3 is 2.36 bits per heavy atom. The summed E-state index contributed by atoms with van der Waals surface area (Å²) in [7, 11) is 0. The molecular formula is C19H23NO2. The van der Waals surface area contributed by atoms with Gasteiger partial charge in [-0.1, -0.05) is 55.5 Å². The number of ether oxygens (including phenoxy) is 1. The summed E-state index contributed by atoms with van der Waals surface area (Å²) in [6.45, 7) is 3.38. The monoisotopic (exact) mass is 297 g/mol. The predicted molar refractivity (Wildman–Crippen MR) is 89.6 cm³/mol. The average Bonchev–Trinajstić information content (AvgIpc) is 2.53. The summed E-state index contributed by atoms with van der Waals surface area (Å²) < 4.78 is 5.66. The van der Waals surface area contributed by atoms with Crippen molar-refractivity contribution >= 4 is 11.6 Å². The van der Waals surface area contributed by atoms with Crippen LogP contribution in [0.15, 0.2) is 60.7 Å². The van der Waals surface area contributed by atoms with E-state index in [1.54, 1.807) is 0 Å². The van der Waals surface area contributed by atoms with E-state index in [0.717, 1.165) is 12.1 Å². The largest absolute Gasteiger partial charge is 0.377 e. The molecule has 3 nitrogen and oxygen atoms in total. The van der Waals surface area contributed by atoms with Crippen LogP contribution >= 0.6 is 0 Å². The van der Waals surface area contributed by atoms with Gasteiger partial charge in [0.25, 0.3) is 0 Å². The molecule has 0 fully saturated rings. The Labute approximate surface area is 132 Å². The highest BCUT2D eigenvalue weighted by molar-refractivity contribution is 5.90. The molecule has 2 aromatic rings. The lowest BCUT2D eigenvalue weighted by Crippen LogP contribution is -2.16. The number of amides is 1. The van der Waals surface area contributed by atoms with Gasteiger partial charge in [-0.3, -0.25) is 4.79 Å². The summed E-state index contributed by atoms with van der Waals surface area (Å²) in [5.41, 5.74) is 2.03. The first-order valence-electron chi connectivity index (χ1n) is 7.70. The molecule has 0 aromatic heterocycles. The lowest BCUT2D eigenvalue weighted by Gasteiger charge is -2.12. The Hall–Kier alpha value is -2.13. The fourth-order valence-electron chi connectivity index (χ4n) is 2.20. The van der Waals surface area contributed by atoms with Gasteiger partial charge < -0.3 is 10.1 Å². The average molecular weight is 297 g/mol. The molecule has 0 radical (unpaired) electrons.